The summed E-state index contributed by atoms with van der Waals surface area (Å²) >= 11 is 0. The summed E-state index contributed by atoms with van der Waals surface area (Å²) in [4.78, 5) is 4.16. The number of aromatic nitrogens is 1. The van der Waals surface area contributed by atoms with Crippen LogP contribution < -0.4 is 14.2 Å². The number of nitrogens with zero attached hydrogens (tertiary/aromatic N) is 1. The first-order valence-electron chi connectivity index (χ1n) is 7.91. The minimum Gasteiger partial charge on any atom is -0.453 e. The summed E-state index contributed by atoms with van der Waals surface area (Å²) in [6.07, 6.45) is 1.92. The van der Waals surface area contributed by atoms with Crippen LogP contribution in [-0.4, -0.2) is 11.3 Å². The van der Waals surface area contributed by atoms with E-state index in [9.17, 15) is 0 Å². The monoisotopic (exact) mass is 321 g/mol. The molecule has 3 aromatic rings. The Bertz CT molecular complexity index is 747. The number of pyridine rings is 1. The maximum Gasteiger partial charge on any atom is 0.242 e. The Morgan fingerprint density at radius 2 is 1.50 bits per heavy atom. The Morgan fingerprint density at radius 3 is 2.21 bits per heavy atom. The molecule has 1 heterocycles. The van der Waals surface area contributed by atoms with Crippen molar-refractivity contribution in [2.75, 3.05) is 0 Å². The van der Waals surface area contributed by atoms with Crippen molar-refractivity contribution >= 4 is 0 Å². The molecular formula is C20H19NO3. The first-order chi connectivity index (χ1) is 11.8. The highest BCUT2D eigenvalue weighted by atomic mass is 16.7. The van der Waals surface area contributed by atoms with Gasteiger partial charge in [-0.2, -0.15) is 0 Å². The first kappa shape index (κ1) is 15.9. The molecule has 1 aromatic heterocycles. The highest BCUT2D eigenvalue weighted by Gasteiger charge is 2.14. The molecule has 0 saturated carbocycles. The molecule has 4 heteroatoms. The van der Waals surface area contributed by atoms with Crippen LogP contribution in [0, 0.1) is 0 Å². The van der Waals surface area contributed by atoms with Crippen molar-refractivity contribution in [2.24, 2.45) is 0 Å². The number of ether oxygens (including phenoxy) is 3. The zero-order valence-electron chi connectivity index (χ0n) is 13.5. The van der Waals surface area contributed by atoms with Crippen LogP contribution in [0.4, 0.5) is 0 Å². The summed E-state index contributed by atoms with van der Waals surface area (Å²) in [5.41, 5.74) is 0. The van der Waals surface area contributed by atoms with Crippen LogP contribution in [0.3, 0.4) is 0 Å². The van der Waals surface area contributed by atoms with Crippen LogP contribution in [0.5, 0.6) is 23.1 Å². The third-order valence-corrected chi connectivity index (χ3v) is 3.30. The highest BCUT2D eigenvalue weighted by Crippen LogP contribution is 2.32. The Labute approximate surface area is 141 Å². The van der Waals surface area contributed by atoms with E-state index in [-0.39, 0.29) is 0 Å². The molecule has 4 nitrogen and oxygen atoms in total. The number of benzene rings is 2. The van der Waals surface area contributed by atoms with Crippen molar-refractivity contribution in [3.63, 3.8) is 0 Å². The second kappa shape index (κ2) is 8.02. The van der Waals surface area contributed by atoms with Gasteiger partial charge in [0.15, 0.2) is 11.5 Å². The minimum atomic E-state index is -0.444. The molecule has 0 spiro atoms. The Morgan fingerprint density at radius 1 is 0.792 bits per heavy atom. The normalized spacial score (nSPS) is 11.5. The van der Waals surface area contributed by atoms with Crippen LogP contribution in [0.2, 0.25) is 0 Å². The highest BCUT2D eigenvalue weighted by molar-refractivity contribution is 5.42. The van der Waals surface area contributed by atoms with E-state index in [0.717, 1.165) is 5.75 Å². The number of hydrogen-bond acceptors (Lipinski definition) is 4. The van der Waals surface area contributed by atoms with E-state index in [0.29, 0.717) is 23.8 Å². The largest absolute Gasteiger partial charge is 0.453 e. The van der Waals surface area contributed by atoms with Crippen LogP contribution >= 0.6 is 0 Å². The smallest absolute Gasteiger partial charge is 0.242 e. The second-order valence-corrected chi connectivity index (χ2v) is 5.10. The minimum absolute atomic E-state index is 0.444. The van der Waals surface area contributed by atoms with Gasteiger partial charge in [0, 0.05) is 18.7 Å². The van der Waals surface area contributed by atoms with E-state index in [1.54, 1.807) is 12.3 Å². The van der Waals surface area contributed by atoms with E-state index < -0.39 is 6.29 Å². The van der Waals surface area contributed by atoms with Crippen LogP contribution in [0.25, 0.3) is 0 Å². The number of para-hydroxylation sites is 3. The molecule has 0 amide bonds. The summed E-state index contributed by atoms with van der Waals surface area (Å²) in [6, 6.07) is 22.7. The van der Waals surface area contributed by atoms with E-state index in [2.05, 4.69) is 4.98 Å². The van der Waals surface area contributed by atoms with Crippen molar-refractivity contribution in [1.29, 1.82) is 0 Å². The second-order valence-electron chi connectivity index (χ2n) is 5.10. The lowest BCUT2D eigenvalue weighted by Gasteiger charge is -2.20. The van der Waals surface area contributed by atoms with Crippen molar-refractivity contribution in [1.82, 2.24) is 4.98 Å². The van der Waals surface area contributed by atoms with Gasteiger partial charge in [-0.3, -0.25) is 0 Å². The van der Waals surface area contributed by atoms with Gasteiger partial charge < -0.3 is 14.2 Å². The van der Waals surface area contributed by atoms with Gasteiger partial charge in [0.25, 0.3) is 0 Å². The maximum absolute atomic E-state index is 5.98. The van der Waals surface area contributed by atoms with E-state index in [1.807, 2.05) is 73.7 Å². The van der Waals surface area contributed by atoms with E-state index >= 15 is 0 Å². The predicted octanol–water partition coefficient (Wildman–Crippen LogP) is 5.07. The zero-order valence-corrected chi connectivity index (χ0v) is 13.5. The topological polar surface area (TPSA) is 40.6 Å². The molecule has 0 aliphatic heterocycles. The van der Waals surface area contributed by atoms with Crippen molar-refractivity contribution in [3.05, 3.63) is 79.0 Å². The average Bonchev–Trinajstić information content (AvgIpc) is 2.64. The molecule has 122 valence electrons. The third-order valence-electron chi connectivity index (χ3n) is 3.30. The van der Waals surface area contributed by atoms with Gasteiger partial charge in [0.2, 0.25) is 12.2 Å². The zero-order chi connectivity index (χ0) is 16.6. The SMILES string of the molecule is CCC(Oc1ccccn1)Oc1ccccc1Oc1ccccc1. The molecule has 0 saturated heterocycles. The molecule has 24 heavy (non-hydrogen) atoms. The average molecular weight is 321 g/mol. The van der Waals surface area contributed by atoms with Gasteiger partial charge in [-0.15, -0.1) is 0 Å². The fraction of sp³-hybridized carbons (Fsp3) is 0.150. The fourth-order valence-corrected chi connectivity index (χ4v) is 2.13. The molecular weight excluding hydrogens is 302 g/mol. The molecule has 0 N–H and O–H groups in total. The molecule has 1 atom stereocenters. The van der Waals surface area contributed by atoms with E-state index in [1.165, 1.54) is 0 Å². The van der Waals surface area contributed by atoms with Gasteiger partial charge >= 0.3 is 0 Å². The number of rotatable bonds is 7. The van der Waals surface area contributed by atoms with Gasteiger partial charge in [0.1, 0.15) is 5.75 Å². The Hall–Kier alpha value is -3.01. The first-order valence-corrected chi connectivity index (χ1v) is 7.91. The van der Waals surface area contributed by atoms with Crippen LogP contribution in [0.1, 0.15) is 13.3 Å². The summed E-state index contributed by atoms with van der Waals surface area (Å²) < 4.78 is 17.7. The molecule has 1 unspecified atom stereocenters. The van der Waals surface area contributed by atoms with Crippen LogP contribution in [-0.2, 0) is 0 Å². The molecule has 0 bridgehead atoms. The predicted molar refractivity (Wildman–Crippen MR) is 92.5 cm³/mol. The summed E-state index contributed by atoms with van der Waals surface area (Å²) in [6.45, 7) is 1.99. The third kappa shape index (κ3) is 4.26. The van der Waals surface area contributed by atoms with Gasteiger partial charge in [-0.25, -0.2) is 4.98 Å². The molecule has 0 aliphatic rings. The van der Waals surface area contributed by atoms with Crippen molar-refractivity contribution < 1.29 is 14.2 Å². The van der Waals surface area contributed by atoms with Crippen molar-refractivity contribution in [2.45, 2.75) is 19.6 Å². The Kier molecular flexibility index (Phi) is 5.30. The lowest BCUT2D eigenvalue weighted by molar-refractivity contribution is -0.00155. The quantitative estimate of drug-likeness (QED) is 0.570. The van der Waals surface area contributed by atoms with Gasteiger partial charge in [-0.1, -0.05) is 43.3 Å². The lowest BCUT2D eigenvalue weighted by atomic mass is 10.3. The lowest BCUT2D eigenvalue weighted by Crippen LogP contribution is -2.23. The molecule has 0 aliphatic carbocycles. The molecule has 2 aromatic carbocycles. The van der Waals surface area contributed by atoms with Gasteiger partial charge in [-0.05, 0) is 30.3 Å². The van der Waals surface area contributed by atoms with Crippen LogP contribution in [0.15, 0.2) is 79.0 Å². The summed E-state index contributed by atoms with van der Waals surface area (Å²) in [5.74, 6) is 2.56. The fourth-order valence-electron chi connectivity index (χ4n) is 2.13. The molecule has 3 rings (SSSR count). The maximum atomic E-state index is 5.98. The standard InChI is InChI=1S/C20H19NO3/c1-2-20(24-19-14-8-9-15-21-19)23-18-13-7-6-12-17(18)22-16-10-4-3-5-11-16/h3-15,20H,2H2,1H3. The summed E-state index contributed by atoms with van der Waals surface area (Å²) in [5, 5.41) is 0. The molecule has 0 fully saturated rings. The molecule has 0 radical (unpaired) electrons. The van der Waals surface area contributed by atoms with E-state index in [4.69, 9.17) is 14.2 Å². The number of hydrogen-bond donors (Lipinski definition) is 0. The Balaban J connectivity index is 1.74. The summed E-state index contributed by atoms with van der Waals surface area (Å²) in [7, 11) is 0. The van der Waals surface area contributed by atoms with Gasteiger partial charge in [0.05, 0.1) is 0 Å². The van der Waals surface area contributed by atoms with Crippen molar-refractivity contribution in [3.8, 4) is 23.1 Å².